The van der Waals surface area contributed by atoms with Crippen molar-refractivity contribution >= 4 is 11.9 Å². The van der Waals surface area contributed by atoms with Crippen molar-refractivity contribution in [1.82, 2.24) is 9.88 Å². The van der Waals surface area contributed by atoms with Gasteiger partial charge in [-0.2, -0.15) is 0 Å². The summed E-state index contributed by atoms with van der Waals surface area (Å²) in [6, 6.07) is 11.1. The zero-order valence-electron chi connectivity index (χ0n) is 13.1. The van der Waals surface area contributed by atoms with E-state index in [2.05, 4.69) is 4.98 Å². The SMILES string of the molecule is O=C(OCc1ccccn1)C1CCCN1C(=O)c1ccccc1O. The normalized spacial score (nSPS) is 16.8. The fourth-order valence-corrected chi connectivity index (χ4v) is 2.79. The van der Waals surface area contributed by atoms with E-state index in [9.17, 15) is 14.7 Å². The molecular formula is C18H18N2O4. The van der Waals surface area contributed by atoms with Gasteiger partial charge >= 0.3 is 5.97 Å². The maximum absolute atomic E-state index is 12.6. The molecule has 0 bridgehead atoms. The van der Waals surface area contributed by atoms with Crippen LogP contribution in [0.1, 0.15) is 28.9 Å². The number of phenols is 1. The molecular weight excluding hydrogens is 308 g/mol. The number of para-hydroxylation sites is 1. The number of phenolic OH excluding ortho intramolecular Hbond substituents is 1. The number of pyridine rings is 1. The van der Waals surface area contributed by atoms with Crippen LogP contribution >= 0.6 is 0 Å². The van der Waals surface area contributed by atoms with E-state index in [0.717, 1.165) is 6.42 Å². The quantitative estimate of drug-likeness (QED) is 0.871. The van der Waals surface area contributed by atoms with Gasteiger partial charge in [0, 0.05) is 12.7 Å². The van der Waals surface area contributed by atoms with Crippen molar-refractivity contribution in [3.63, 3.8) is 0 Å². The highest BCUT2D eigenvalue weighted by atomic mass is 16.5. The Morgan fingerprint density at radius 3 is 2.75 bits per heavy atom. The minimum absolute atomic E-state index is 0.0782. The van der Waals surface area contributed by atoms with Crippen molar-refractivity contribution < 1.29 is 19.4 Å². The van der Waals surface area contributed by atoms with Gasteiger partial charge < -0.3 is 14.7 Å². The number of amides is 1. The number of benzene rings is 1. The molecule has 1 aromatic heterocycles. The van der Waals surface area contributed by atoms with Crippen molar-refractivity contribution in [1.29, 1.82) is 0 Å². The first-order valence-corrected chi connectivity index (χ1v) is 7.82. The molecule has 6 nitrogen and oxygen atoms in total. The summed E-state index contributed by atoms with van der Waals surface area (Å²) in [7, 11) is 0. The first-order valence-electron chi connectivity index (χ1n) is 7.82. The van der Waals surface area contributed by atoms with Crippen LogP contribution in [0.25, 0.3) is 0 Å². The number of aromatic nitrogens is 1. The monoisotopic (exact) mass is 326 g/mol. The van der Waals surface area contributed by atoms with Gasteiger partial charge in [0.15, 0.2) is 0 Å². The van der Waals surface area contributed by atoms with Crippen LogP contribution < -0.4 is 0 Å². The second-order valence-electron chi connectivity index (χ2n) is 5.60. The molecule has 0 aliphatic carbocycles. The van der Waals surface area contributed by atoms with E-state index < -0.39 is 12.0 Å². The molecule has 1 atom stereocenters. The summed E-state index contributed by atoms with van der Waals surface area (Å²) in [5.74, 6) is -0.887. The van der Waals surface area contributed by atoms with Gasteiger partial charge in [-0.3, -0.25) is 9.78 Å². The lowest BCUT2D eigenvalue weighted by Gasteiger charge is -2.23. The number of hydrogen-bond donors (Lipinski definition) is 1. The van der Waals surface area contributed by atoms with Gasteiger partial charge in [0.2, 0.25) is 0 Å². The average molecular weight is 326 g/mol. The number of carbonyl (C=O) groups is 2. The number of aromatic hydroxyl groups is 1. The van der Waals surface area contributed by atoms with E-state index in [1.807, 2.05) is 6.07 Å². The van der Waals surface area contributed by atoms with Gasteiger partial charge in [0.1, 0.15) is 18.4 Å². The molecule has 1 aliphatic rings. The third-order valence-electron chi connectivity index (χ3n) is 4.01. The Balaban J connectivity index is 1.67. The summed E-state index contributed by atoms with van der Waals surface area (Å²) in [6.07, 6.45) is 2.91. The standard InChI is InChI=1S/C18H18N2O4/c21-16-9-2-1-7-14(16)17(22)20-11-5-8-15(20)18(23)24-12-13-6-3-4-10-19-13/h1-4,6-7,9-10,15,21H,5,8,11-12H2. The summed E-state index contributed by atoms with van der Waals surface area (Å²) in [4.78, 5) is 30.5. The maximum Gasteiger partial charge on any atom is 0.329 e. The minimum Gasteiger partial charge on any atom is -0.507 e. The largest absolute Gasteiger partial charge is 0.507 e. The second kappa shape index (κ2) is 7.12. The highest BCUT2D eigenvalue weighted by Crippen LogP contribution is 2.25. The molecule has 2 aromatic rings. The number of likely N-dealkylation sites (tertiary alicyclic amines) is 1. The van der Waals surface area contributed by atoms with Crippen LogP contribution in [0.5, 0.6) is 5.75 Å². The Bertz CT molecular complexity index is 733. The van der Waals surface area contributed by atoms with Crippen molar-refractivity contribution in [3.8, 4) is 5.75 Å². The van der Waals surface area contributed by atoms with Crippen LogP contribution in [-0.4, -0.2) is 39.5 Å². The molecule has 3 rings (SSSR count). The van der Waals surface area contributed by atoms with Crippen LogP contribution in [-0.2, 0) is 16.1 Å². The van der Waals surface area contributed by atoms with Crippen molar-refractivity contribution in [2.24, 2.45) is 0 Å². The molecule has 1 N–H and O–H groups in total. The molecule has 1 saturated heterocycles. The van der Waals surface area contributed by atoms with Gasteiger partial charge in [-0.05, 0) is 37.1 Å². The first kappa shape index (κ1) is 16.0. The lowest BCUT2D eigenvalue weighted by Crippen LogP contribution is -2.41. The molecule has 124 valence electrons. The number of nitrogens with zero attached hydrogens (tertiary/aromatic N) is 2. The number of hydrogen-bond acceptors (Lipinski definition) is 5. The molecule has 0 saturated carbocycles. The Kier molecular flexibility index (Phi) is 4.74. The molecule has 1 aromatic carbocycles. The summed E-state index contributed by atoms with van der Waals surface area (Å²) in [5.41, 5.74) is 0.851. The summed E-state index contributed by atoms with van der Waals surface area (Å²) < 4.78 is 5.30. The van der Waals surface area contributed by atoms with E-state index in [4.69, 9.17) is 4.74 Å². The highest BCUT2D eigenvalue weighted by molar-refractivity contribution is 5.99. The fraction of sp³-hybridized carbons (Fsp3) is 0.278. The Morgan fingerprint density at radius 1 is 1.21 bits per heavy atom. The zero-order chi connectivity index (χ0) is 16.9. The van der Waals surface area contributed by atoms with E-state index in [1.165, 1.54) is 11.0 Å². The summed E-state index contributed by atoms with van der Waals surface area (Å²) in [5, 5.41) is 9.85. The maximum atomic E-state index is 12.6. The smallest absolute Gasteiger partial charge is 0.329 e. The number of rotatable bonds is 4. The molecule has 1 unspecified atom stereocenters. The third kappa shape index (κ3) is 3.37. The van der Waals surface area contributed by atoms with Crippen molar-refractivity contribution in [2.75, 3.05) is 6.54 Å². The van der Waals surface area contributed by atoms with Crippen LogP contribution in [0.2, 0.25) is 0 Å². The molecule has 1 fully saturated rings. The van der Waals surface area contributed by atoms with Gasteiger partial charge in [0.25, 0.3) is 5.91 Å². The molecule has 1 aliphatic heterocycles. The van der Waals surface area contributed by atoms with E-state index in [1.54, 1.807) is 36.5 Å². The Hall–Kier alpha value is -2.89. The van der Waals surface area contributed by atoms with Gasteiger partial charge in [-0.1, -0.05) is 18.2 Å². The van der Waals surface area contributed by atoms with Crippen molar-refractivity contribution in [2.45, 2.75) is 25.5 Å². The Morgan fingerprint density at radius 2 is 2.00 bits per heavy atom. The predicted molar refractivity (Wildman–Crippen MR) is 86.2 cm³/mol. The second-order valence-corrected chi connectivity index (χ2v) is 5.60. The van der Waals surface area contributed by atoms with Crippen LogP contribution in [0.15, 0.2) is 48.7 Å². The minimum atomic E-state index is -0.624. The highest BCUT2D eigenvalue weighted by Gasteiger charge is 2.36. The van der Waals surface area contributed by atoms with E-state index in [-0.39, 0.29) is 23.8 Å². The van der Waals surface area contributed by atoms with Crippen molar-refractivity contribution in [3.05, 3.63) is 59.9 Å². The molecule has 24 heavy (non-hydrogen) atoms. The Labute approximate surface area is 139 Å². The number of carbonyl (C=O) groups excluding carboxylic acids is 2. The van der Waals surface area contributed by atoms with Gasteiger partial charge in [0.05, 0.1) is 11.3 Å². The summed E-state index contributed by atoms with van der Waals surface area (Å²) in [6.45, 7) is 0.547. The van der Waals surface area contributed by atoms with Gasteiger partial charge in [-0.25, -0.2) is 4.79 Å². The number of ether oxygens (including phenoxy) is 1. The van der Waals surface area contributed by atoms with E-state index in [0.29, 0.717) is 18.7 Å². The molecule has 6 heteroatoms. The third-order valence-corrected chi connectivity index (χ3v) is 4.01. The summed E-state index contributed by atoms with van der Waals surface area (Å²) >= 11 is 0. The van der Waals surface area contributed by atoms with Crippen LogP contribution in [0, 0.1) is 0 Å². The van der Waals surface area contributed by atoms with Crippen LogP contribution in [0.3, 0.4) is 0 Å². The van der Waals surface area contributed by atoms with E-state index >= 15 is 0 Å². The lowest BCUT2D eigenvalue weighted by molar-refractivity contribution is -0.149. The zero-order valence-corrected chi connectivity index (χ0v) is 13.1. The van der Waals surface area contributed by atoms with Gasteiger partial charge in [-0.15, -0.1) is 0 Å². The molecule has 0 radical (unpaired) electrons. The predicted octanol–water partition coefficient (Wildman–Crippen LogP) is 2.14. The molecule has 0 spiro atoms. The average Bonchev–Trinajstić information content (AvgIpc) is 3.10. The lowest BCUT2D eigenvalue weighted by atomic mass is 10.1. The fourth-order valence-electron chi connectivity index (χ4n) is 2.79. The molecule has 1 amide bonds. The topological polar surface area (TPSA) is 79.7 Å². The number of esters is 1. The first-order chi connectivity index (χ1) is 11.7. The molecule has 2 heterocycles. The van der Waals surface area contributed by atoms with Crippen LogP contribution in [0.4, 0.5) is 0 Å².